The quantitative estimate of drug-likeness (QED) is 0.833. The van der Waals surface area contributed by atoms with Gasteiger partial charge in [-0.15, -0.1) is 0 Å². The fraction of sp³-hybridized carbons (Fsp3) is 0.417. The van der Waals surface area contributed by atoms with Crippen molar-refractivity contribution in [2.75, 3.05) is 6.61 Å². The molecule has 1 aromatic rings. The van der Waals surface area contributed by atoms with E-state index in [1.807, 2.05) is 13.8 Å². The topological polar surface area (TPSA) is 38.3 Å². The zero-order chi connectivity index (χ0) is 12.0. The first-order valence-corrected chi connectivity index (χ1v) is 5.29. The van der Waals surface area contributed by atoms with Crippen LogP contribution >= 0.6 is 0 Å². The van der Waals surface area contributed by atoms with E-state index in [9.17, 15) is 9.18 Å². The standard InChI is InChI=1S/C12H16FNO2/c1-3-9(2)14-12(15)8-16-11-6-4-5-10(13)7-11/h4-7,9H,3,8H2,1-2H3,(H,14,15)/t9-/m1/s1. The highest BCUT2D eigenvalue weighted by molar-refractivity contribution is 5.77. The number of hydrogen-bond donors (Lipinski definition) is 1. The fourth-order valence-corrected chi connectivity index (χ4v) is 1.12. The van der Waals surface area contributed by atoms with Gasteiger partial charge in [0.2, 0.25) is 0 Å². The smallest absolute Gasteiger partial charge is 0.258 e. The van der Waals surface area contributed by atoms with Crippen molar-refractivity contribution in [1.29, 1.82) is 0 Å². The SMILES string of the molecule is CC[C@@H](C)NC(=O)COc1cccc(F)c1. The molecule has 1 rings (SSSR count). The van der Waals surface area contributed by atoms with Crippen molar-refractivity contribution in [2.45, 2.75) is 26.3 Å². The Balaban J connectivity index is 2.37. The highest BCUT2D eigenvalue weighted by atomic mass is 19.1. The first kappa shape index (κ1) is 12.5. The summed E-state index contributed by atoms with van der Waals surface area (Å²) in [5.41, 5.74) is 0. The molecule has 0 unspecified atom stereocenters. The molecule has 0 spiro atoms. The second-order valence-electron chi connectivity index (χ2n) is 3.62. The van der Waals surface area contributed by atoms with E-state index in [0.717, 1.165) is 6.42 Å². The normalized spacial score (nSPS) is 11.9. The Labute approximate surface area is 94.6 Å². The van der Waals surface area contributed by atoms with Gasteiger partial charge in [0.05, 0.1) is 0 Å². The van der Waals surface area contributed by atoms with Crippen LogP contribution in [-0.2, 0) is 4.79 Å². The summed E-state index contributed by atoms with van der Waals surface area (Å²) in [5.74, 6) is -0.210. The molecule has 0 aliphatic carbocycles. The zero-order valence-electron chi connectivity index (χ0n) is 9.50. The number of halogens is 1. The third-order valence-corrected chi connectivity index (χ3v) is 2.19. The van der Waals surface area contributed by atoms with Gasteiger partial charge in [0.15, 0.2) is 6.61 Å². The Kier molecular flexibility index (Phi) is 4.76. The number of hydrogen-bond acceptors (Lipinski definition) is 2. The minimum atomic E-state index is -0.375. The summed E-state index contributed by atoms with van der Waals surface area (Å²) in [7, 11) is 0. The van der Waals surface area contributed by atoms with Gasteiger partial charge in [0, 0.05) is 12.1 Å². The summed E-state index contributed by atoms with van der Waals surface area (Å²) in [6.07, 6.45) is 0.867. The lowest BCUT2D eigenvalue weighted by Crippen LogP contribution is -2.35. The van der Waals surface area contributed by atoms with Crippen molar-refractivity contribution < 1.29 is 13.9 Å². The summed E-state index contributed by atoms with van der Waals surface area (Å²) in [6, 6.07) is 5.85. The van der Waals surface area contributed by atoms with Crippen molar-refractivity contribution in [2.24, 2.45) is 0 Å². The van der Waals surface area contributed by atoms with Gasteiger partial charge >= 0.3 is 0 Å². The number of ether oxygens (including phenoxy) is 1. The Morgan fingerprint density at radius 2 is 2.31 bits per heavy atom. The van der Waals surface area contributed by atoms with E-state index < -0.39 is 0 Å². The van der Waals surface area contributed by atoms with Crippen LogP contribution in [0.5, 0.6) is 5.75 Å². The lowest BCUT2D eigenvalue weighted by Gasteiger charge is -2.11. The molecule has 0 aromatic heterocycles. The average Bonchev–Trinajstić information content (AvgIpc) is 2.26. The zero-order valence-corrected chi connectivity index (χ0v) is 9.50. The van der Waals surface area contributed by atoms with E-state index in [1.165, 1.54) is 18.2 Å². The van der Waals surface area contributed by atoms with Crippen molar-refractivity contribution >= 4 is 5.91 Å². The Hall–Kier alpha value is -1.58. The second kappa shape index (κ2) is 6.10. The summed E-state index contributed by atoms with van der Waals surface area (Å²) in [4.78, 5) is 11.3. The van der Waals surface area contributed by atoms with Crippen LogP contribution in [0.25, 0.3) is 0 Å². The number of benzene rings is 1. The Morgan fingerprint density at radius 1 is 1.56 bits per heavy atom. The first-order valence-electron chi connectivity index (χ1n) is 5.29. The summed E-state index contributed by atoms with van der Waals surface area (Å²) in [5, 5.41) is 2.76. The number of rotatable bonds is 5. The van der Waals surface area contributed by atoms with Crippen LogP contribution in [0, 0.1) is 5.82 Å². The lowest BCUT2D eigenvalue weighted by molar-refractivity contribution is -0.123. The van der Waals surface area contributed by atoms with Crippen LogP contribution in [0.4, 0.5) is 4.39 Å². The lowest BCUT2D eigenvalue weighted by atomic mass is 10.2. The Morgan fingerprint density at radius 3 is 2.94 bits per heavy atom. The van der Waals surface area contributed by atoms with Gasteiger partial charge in [-0.05, 0) is 25.5 Å². The van der Waals surface area contributed by atoms with Crippen LogP contribution in [0.3, 0.4) is 0 Å². The minimum Gasteiger partial charge on any atom is -0.484 e. The molecule has 3 nitrogen and oxygen atoms in total. The molecular weight excluding hydrogens is 209 g/mol. The monoisotopic (exact) mass is 225 g/mol. The largest absolute Gasteiger partial charge is 0.484 e. The minimum absolute atomic E-state index is 0.0895. The second-order valence-corrected chi connectivity index (χ2v) is 3.62. The van der Waals surface area contributed by atoms with Gasteiger partial charge in [0.25, 0.3) is 5.91 Å². The summed E-state index contributed by atoms with van der Waals surface area (Å²) in [6.45, 7) is 3.81. The molecule has 0 saturated carbocycles. The molecule has 0 bridgehead atoms. The molecule has 1 aromatic carbocycles. The van der Waals surface area contributed by atoms with E-state index in [4.69, 9.17) is 4.74 Å². The summed E-state index contributed by atoms with van der Waals surface area (Å²) >= 11 is 0. The Bertz CT molecular complexity index is 355. The van der Waals surface area contributed by atoms with E-state index in [-0.39, 0.29) is 24.4 Å². The first-order chi connectivity index (χ1) is 7.61. The van der Waals surface area contributed by atoms with E-state index in [1.54, 1.807) is 6.07 Å². The average molecular weight is 225 g/mol. The van der Waals surface area contributed by atoms with Gasteiger partial charge in [-0.25, -0.2) is 4.39 Å². The predicted octanol–water partition coefficient (Wildman–Crippen LogP) is 2.12. The van der Waals surface area contributed by atoms with Gasteiger partial charge in [-0.2, -0.15) is 0 Å². The van der Waals surface area contributed by atoms with Gasteiger partial charge in [0.1, 0.15) is 11.6 Å². The molecule has 0 fully saturated rings. The van der Waals surface area contributed by atoms with E-state index in [2.05, 4.69) is 5.32 Å². The summed E-state index contributed by atoms with van der Waals surface area (Å²) < 4.78 is 17.9. The van der Waals surface area contributed by atoms with Gasteiger partial charge in [-0.1, -0.05) is 13.0 Å². The molecule has 0 aliphatic rings. The number of carbonyl (C=O) groups is 1. The number of carbonyl (C=O) groups excluding carboxylic acids is 1. The molecule has 0 saturated heterocycles. The maximum atomic E-state index is 12.8. The molecule has 1 amide bonds. The molecule has 1 atom stereocenters. The predicted molar refractivity (Wildman–Crippen MR) is 59.8 cm³/mol. The third-order valence-electron chi connectivity index (χ3n) is 2.19. The van der Waals surface area contributed by atoms with Gasteiger partial charge in [-0.3, -0.25) is 4.79 Å². The van der Waals surface area contributed by atoms with E-state index in [0.29, 0.717) is 5.75 Å². The van der Waals surface area contributed by atoms with Crippen molar-refractivity contribution in [3.63, 3.8) is 0 Å². The molecule has 0 aliphatic heterocycles. The molecular formula is C12H16FNO2. The number of amides is 1. The fourth-order valence-electron chi connectivity index (χ4n) is 1.12. The molecule has 4 heteroatoms. The van der Waals surface area contributed by atoms with Crippen molar-refractivity contribution in [1.82, 2.24) is 5.32 Å². The van der Waals surface area contributed by atoms with Crippen molar-refractivity contribution in [3.8, 4) is 5.75 Å². The highest BCUT2D eigenvalue weighted by Crippen LogP contribution is 2.11. The number of nitrogens with one attached hydrogen (secondary N) is 1. The van der Waals surface area contributed by atoms with Crippen molar-refractivity contribution in [3.05, 3.63) is 30.1 Å². The highest BCUT2D eigenvalue weighted by Gasteiger charge is 2.06. The maximum absolute atomic E-state index is 12.8. The molecule has 0 heterocycles. The van der Waals surface area contributed by atoms with Crippen LogP contribution < -0.4 is 10.1 Å². The van der Waals surface area contributed by atoms with Crippen LogP contribution in [0.2, 0.25) is 0 Å². The molecule has 16 heavy (non-hydrogen) atoms. The van der Waals surface area contributed by atoms with Crippen LogP contribution in [-0.4, -0.2) is 18.6 Å². The third kappa shape index (κ3) is 4.29. The van der Waals surface area contributed by atoms with Crippen LogP contribution in [0.1, 0.15) is 20.3 Å². The van der Waals surface area contributed by atoms with E-state index >= 15 is 0 Å². The van der Waals surface area contributed by atoms with Gasteiger partial charge < -0.3 is 10.1 Å². The maximum Gasteiger partial charge on any atom is 0.258 e. The molecule has 88 valence electrons. The molecule has 0 radical (unpaired) electrons. The van der Waals surface area contributed by atoms with Crippen LogP contribution in [0.15, 0.2) is 24.3 Å². The molecule has 1 N–H and O–H groups in total.